The number of rotatable bonds is 3. The molecule has 2 aromatic rings. The molecule has 0 spiro atoms. The van der Waals surface area contributed by atoms with Gasteiger partial charge in [-0.25, -0.2) is 0 Å². The summed E-state index contributed by atoms with van der Waals surface area (Å²) in [5.41, 5.74) is 1.15. The minimum Gasteiger partial charge on any atom is -0.496 e. The maximum Gasteiger partial charge on any atom is 0.198 e. The molecule has 0 amide bonds. The monoisotopic (exact) mass is 330 g/mol. The van der Waals surface area contributed by atoms with Crippen molar-refractivity contribution in [3.8, 4) is 5.75 Å². The third-order valence-electron chi connectivity index (χ3n) is 2.27. The highest BCUT2D eigenvalue weighted by Gasteiger charge is 2.17. The topological polar surface area (TPSA) is 26.3 Å². The standard InChI is InChI=1S/C12H8BrClO2S/c1-16-11-4-7(14)2-3-8(11)12(15)9-5-17-6-10(9)13/h2-6H,1H3. The maximum absolute atomic E-state index is 12.3. The Labute approximate surface area is 116 Å². The Kier molecular flexibility index (Phi) is 3.86. The van der Waals surface area contributed by atoms with Crippen LogP contribution in [0.2, 0.25) is 5.02 Å². The highest BCUT2D eigenvalue weighted by atomic mass is 79.9. The molecule has 0 aliphatic rings. The molecule has 0 N–H and O–H groups in total. The van der Waals surface area contributed by atoms with Crippen LogP contribution in [0.5, 0.6) is 5.75 Å². The zero-order valence-electron chi connectivity index (χ0n) is 8.87. The van der Waals surface area contributed by atoms with Crippen molar-refractivity contribution in [1.82, 2.24) is 0 Å². The van der Waals surface area contributed by atoms with Gasteiger partial charge in [-0.15, -0.1) is 0 Å². The molecule has 0 saturated heterocycles. The number of halogens is 2. The van der Waals surface area contributed by atoms with E-state index in [9.17, 15) is 4.79 Å². The second kappa shape index (κ2) is 5.21. The van der Waals surface area contributed by atoms with E-state index in [-0.39, 0.29) is 5.78 Å². The van der Waals surface area contributed by atoms with Crippen molar-refractivity contribution in [2.45, 2.75) is 0 Å². The van der Waals surface area contributed by atoms with E-state index in [2.05, 4.69) is 15.9 Å². The van der Waals surface area contributed by atoms with Crippen molar-refractivity contribution in [1.29, 1.82) is 0 Å². The van der Waals surface area contributed by atoms with Gasteiger partial charge in [0.1, 0.15) is 5.75 Å². The minimum atomic E-state index is -0.0772. The molecule has 1 heterocycles. The molecule has 0 aliphatic heterocycles. The second-order valence-corrected chi connectivity index (χ2v) is 5.34. The number of benzene rings is 1. The Morgan fingerprint density at radius 2 is 2.12 bits per heavy atom. The van der Waals surface area contributed by atoms with E-state index in [0.717, 1.165) is 4.47 Å². The Bertz CT molecular complexity index is 565. The lowest BCUT2D eigenvalue weighted by Crippen LogP contribution is -2.03. The zero-order valence-corrected chi connectivity index (χ0v) is 12.0. The number of ketones is 1. The molecular weight excluding hydrogens is 324 g/mol. The summed E-state index contributed by atoms with van der Waals surface area (Å²) in [5.74, 6) is 0.409. The molecule has 1 aromatic carbocycles. The predicted molar refractivity (Wildman–Crippen MR) is 73.5 cm³/mol. The van der Waals surface area contributed by atoms with E-state index >= 15 is 0 Å². The molecule has 0 atom stereocenters. The lowest BCUT2D eigenvalue weighted by atomic mass is 10.1. The third kappa shape index (κ3) is 2.54. The fraction of sp³-hybridized carbons (Fsp3) is 0.0833. The van der Waals surface area contributed by atoms with Crippen LogP contribution >= 0.6 is 38.9 Å². The van der Waals surface area contributed by atoms with Gasteiger partial charge in [0, 0.05) is 25.8 Å². The molecule has 1 aromatic heterocycles. The summed E-state index contributed by atoms with van der Waals surface area (Å²) in [5, 5.41) is 4.22. The van der Waals surface area contributed by atoms with Crippen LogP contribution in [0.1, 0.15) is 15.9 Å². The summed E-state index contributed by atoms with van der Waals surface area (Å²) in [6, 6.07) is 4.99. The lowest BCUT2D eigenvalue weighted by molar-refractivity contribution is 0.103. The SMILES string of the molecule is COc1cc(Cl)ccc1C(=O)c1cscc1Br. The van der Waals surface area contributed by atoms with Crippen LogP contribution in [-0.2, 0) is 0 Å². The van der Waals surface area contributed by atoms with Crippen molar-refractivity contribution < 1.29 is 9.53 Å². The molecule has 0 fully saturated rings. The maximum atomic E-state index is 12.3. The first-order valence-electron chi connectivity index (χ1n) is 4.73. The van der Waals surface area contributed by atoms with Crippen LogP contribution in [0.4, 0.5) is 0 Å². The highest BCUT2D eigenvalue weighted by Crippen LogP contribution is 2.29. The lowest BCUT2D eigenvalue weighted by Gasteiger charge is -2.07. The third-order valence-corrected chi connectivity index (χ3v) is 4.21. The molecule has 88 valence electrons. The number of ether oxygens (including phenoxy) is 1. The van der Waals surface area contributed by atoms with Crippen LogP contribution in [0.15, 0.2) is 33.4 Å². The summed E-state index contributed by atoms with van der Waals surface area (Å²) >= 11 is 10.7. The Hall–Kier alpha value is -0.840. The first-order valence-corrected chi connectivity index (χ1v) is 6.85. The molecule has 0 bridgehead atoms. The normalized spacial score (nSPS) is 10.3. The van der Waals surface area contributed by atoms with Gasteiger partial charge in [0.05, 0.1) is 12.7 Å². The van der Waals surface area contributed by atoms with Crippen LogP contribution < -0.4 is 4.74 Å². The van der Waals surface area contributed by atoms with Gasteiger partial charge in [-0.05, 0) is 34.1 Å². The van der Waals surface area contributed by atoms with E-state index in [4.69, 9.17) is 16.3 Å². The molecule has 2 rings (SSSR count). The van der Waals surface area contributed by atoms with Gasteiger partial charge in [0.15, 0.2) is 5.78 Å². The zero-order chi connectivity index (χ0) is 12.4. The smallest absolute Gasteiger partial charge is 0.198 e. The van der Waals surface area contributed by atoms with Crippen molar-refractivity contribution in [3.05, 3.63) is 49.6 Å². The van der Waals surface area contributed by atoms with E-state index in [1.165, 1.54) is 18.4 Å². The molecule has 17 heavy (non-hydrogen) atoms. The van der Waals surface area contributed by atoms with Crippen molar-refractivity contribution >= 4 is 44.7 Å². The van der Waals surface area contributed by atoms with Crippen LogP contribution in [-0.4, -0.2) is 12.9 Å². The van der Waals surface area contributed by atoms with Crippen LogP contribution in [0.25, 0.3) is 0 Å². The summed E-state index contributed by atoms with van der Waals surface area (Å²) in [6.45, 7) is 0. The van der Waals surface area contributed by atoms with Gasteiger partial charge in [0.2, 0.25) is 0 Å². The molecule has 5 heteroatoms. The molecule has 0 aliphatic carbocycles. The summed E-state index contributed by atoms with van der Waals surface area (Å²) < 4.78 is 5.96. The Balaban J connectivity index is 2.48. The van der Waals surface area contributed by atoms with Gasteiger partial charge in [-0.1, -0.05) is 11.6 Å². The van der Waals surface area contributed by atoms with Crippen molar-refractivity contribution in [3.63, 3.8) is 0 Å². The van der Waals surface area contributed by atoms with Gasteiger partial charge < -0.3 is 4.74 Å². The van der Waals surface area contributed by atoms with Crippen molar-refractivity contribution in [2.24, 2.45) is 0 Å². The molecule has 0 radical (unpaired) electrons. The minimum absolute atomic E-state index is 0.0772. The van der Waals surface area contributed by atoms with Gasteiger partial charge in [-0.3, -0.25) is 4.79 Å². The number of carbonyl (C=O) groups excluding carboxylic acids is 1. The summed E-state index contributed by atoms with van der Waals surface area (Å²) in [6.07, 6.45) is 0. The first kappa shape index (κ1) is 12.6. The highest BCUT2D eigenvalue weighted by molar-refractivity contribution is 9.10. The summed E-state index contributed by atoms with van der Waals surface area (Å²) in [7, 11) is 1.52. The Morgan fingerprint density at radius 3 is 2.71 bits per heavy atom. The molecule has 2 nitrogen and oxygen atoms in total. The van der Waals surface area contributed by atoms with E-state index in [0.29, 0.717) is 21.9 Å². The van der Waals surface area contributed by atoms with Gasteiger partial charge >= 0.3 is 0 Å². The average molecular weight is 332 g/mol. The van der Waals surface area contributed by atoms with Crippen LogP contribution in [0.3, 0.4) is 0 Å². The average Bonchev–Trinajstić information content (AvgIpc) is 2.74. The number of thiophene rings is 1. The quantitative estimate of drug-likeness (QED) is 0.779. The number of hydrogen-bond donors (Lipinski definition) is 0. The van der Waals surface area contributed by atoms with E-state index in [1.54, 1.807) is 23.6 Å². The fourth-order valence-electron chi connectivity index (χ4n) is 1.44. The Morgan fingerprint density at radius 1 is 1.35 bits per heavy atom. The van der Waals surface area contributed by atoms with Gasteiger partial charge in [-0.2, -0.15) is 11.3 Å². The van der Waals surface area contributed by atoms with Gasteiger partial charge in [0.25, 0.3) is 0 Å². The van der Waals surface area contributed by atoms with E-state index < -0.39 is 0 Å². The number of carbonyl (C=O) groups is 1. The second-order valence-electron chi connectivity index (χ2n) is 3.31. The molecule has 0 unspecified atom stereocenters. The number of hydrogen-bond acceptors (Lipinski definition) is 3. The fourth-order valence-corrected chi connectivity index (χ4v) is 3.06. The summed E-state index contributed by atoms with van der Waals surface area (Å²) in [4.78, 5) is 12.3. The van der Waals surface area contributed by atoms with Crippen LogP contribution in [0, 0.1) is 0 Å². The predicted octanol–water partition coefficient (Wildman–Crippen LogP) is 4.40. The first-order chi connectivity index (χ1) is 8.13. The van der Waals surface area contributed by atoms with E-state index in [1.807, 2.05) is 5.38 Å². The number of methoxy groups -OCH3 is 1. The van der Waals surface area contributed by atoms with Crippen molar-refractivity contribution in [2.75, 3.05) is 7.11 Å². The molecule has 0 saturated carbocycles. The molecular formula is C12H8BrClO2S. The largest absolute Gasteiger partial charge is 0.496 e.